The van der Waals surface area contributed by atoms with Crippen LogP contribution in [0.25, 0.3) is 0 Å². The first-order valence-corrected chi connectivity index (χ1v) is 8.09. The fourth-order valence-electron chi connectivity index (χ4n) is 2.22. The van der Waals surface area contributed by atoms with E-state index in [2.05, 4.69) is 21.5 Å². The van der Waals surface area contributed by atoms with E-state index >= 15 is 0 Å². The van der Waals surface area contributed by atoms with Gasteiger partial charge in [0.2, 0.25) is 0 Å². The molecule has 0 aliphatic carbocycles. The van der Waals surface area contributed by atoms with Crippen molar-refractivity contribution in [2.75, 3.05) is 36.6 Å². The molecular formula is C16H17N3O3S. The van der Waals surface area contributed by atoms with Gasteiger partial charge in [0, 0.05) is 18.0 Å². The number of nitrogens with zero attached hydrogens (tertiary/aromatic N) is 2. The molecule has 120 valence electrons. The summed E-state index contributed by atoms with van der Waals surface area (Å²) in [6.45, 7) is 3.39. The monoisotopic (exact) mass is 331 g/mol. The fraction of sp³-hybridized carbons (Fsp3) is 0.250. The Kier molecular flexibility index (Phi) is 4.89. The number of ether oxygens (including phenoxy) is 1. The molecule has 1 aliphatic rings. The molecule has 0 spiro atoms. The summed E-state index contributed by atoms with van der Waals surface area (Å²) < 4.78 is 5.35. The summed E-state index contributed by atoms with van der Waals surface area (Å²) in [5, 5.41) is 14.3. The number of carbonyl (C=O) groups is 1. The van der Waals surface area contributed by atoms with Gasteiger partial charge in [0.05, 0.1) is 35.7 Å². The van der Waals surface area contributed by atoms with Crippen LogP contribution in [-0.2, 0) is 4.74 Å². The Bertz CT molecular complexity index is 691. The van der Waals surface area contributed by atoms with Crippen molar-refractivity contribution >= 4 is 34.2 Å². The number of nitrogens with one attached hydrogen (secondary N) is 1. The van der Waals surface area contributed by atoms with E-state index in [4.69, 9.17) is 9.84 Å². The minimum absolute atomic E-state index is 0.257. The topological polar surface area (TPSA) is 74.2 Å². The lowest BCUT2D eigenvalue weighted by Crippen LogP contribution is -2.35. The third-order valence-corrected chi connectivity index (χ3v) is 4.53. The number of carboxylic acids is 1. The third kappa shape index (κ3) is 4.08. The molecule has 0 unspecified atom stereocenters. The van der Waals surface area contributed by atoms with Gasteiger partial charge in [0.25, 0.3) is 0 Å². The number of aromatic carboxylic acids is 1. The molecular weight excluding hydrogens is 314 g/mol. The largest absolute Gasteiger partial charge is 0.478 e. The molecule has 0 saturated carbocycles. The van der Waals surface area contributed by atoms with Gasteiger partial charge < -0.3 is 14.7 Å². The van der Waals surface area contributed by atoms with Crippen molar-refractivity contribution in [3.8, 4) is 0 Å². The normalized spacial score (nSPS) is 15.0. The number of carboxylic acid groups (broad SMARTS) is 1. The zero-order valence-electron chi connectivity index (χ0n) is 12.4. The molecule has 0 radical (unpaired) electrons. The Hall–Kier alpha value is -2.38. The fourth-order valence-corrected chi connectivity index (χ4v) is 3.15. The highest BCUT2D eigenvalue weighted by molar-refractivity contribution is 7.17. The van der Waals surface area contributed by atoms with E-state index in [1.54, 1.807) is 41.8 Å². The number of benzene rings is 1. The van der Waals surface area contributed by atoms with Crippen molar-refractivity contribution in [2.45, 2.75) is 0 Å². The first kappa shape index (κ1) is 15.5. The van der Waals surface area contributed by atoms with Gasteiger partial charge in [-0.3, -0.25) is 5.43 Å². The summed E-state index contributed by atoms with van der Waals surface area (Å²) in [4.78, 5) is 14.1. The molecule has 1 aromatic carbocycles. The van der Waals surface area contributed by atoms with Gasteiger partial charge in [-0.25, -0.2) is 4.79 Å². The number of hydrogen-bond donors (Lipinski definition) is 2. The number of rotatable bonds is 5. The molecule has 2 N–H and O–H groups in total. The van der Waals surface area contributed by atoms with Crippen LogP contribution in [0.3, 0.4) is 0 Å². The molecule has 2 heterocycles. The first-order chi connectivity index (χ1) is 11.2. The predicted molar refractivity (Wildman–Crippen MR) is 92.0 cm³/mol. The number of hydrazone groups is 1. The van der Waals surface area contributed by atoms with Gasteiger partial charge in [-0.1, -0.05) is 0 Å². The second-order valence-electron chi connectivity index (χ2n) is 5.03. The van der Waals surface area contributed by atoms with Crippen LogP contribution in [0, 0.1) is 0 Å². The maximum atomic E-state index is 10.8. The van der Waals surface area contributed by atoms with Crippen LogP contribution in [0.2, 0.25) is 0 Å². The Balaban J connectivity index is 1.57. The zero-order chi connectivity index (χ0) is 16.1. The third-order valence-electron chi connectivity index (χ3n) is 3.45. The van der Waals surface area contributed by atoms with Gasteiger partial charge in [0.1, 0.15) is 0 Å². The average Bonchev–Trinajstić information content (AvgIpc) is 3.05. The molecule has 0 atom stereocenters. The predicted octanol–water partition coefficient (Wildman–Crippen LogP) is 2.73. The van der Waals surface area contributed by atoms with Crippen molar-refractivity contribution < 1.29 is 14.6 Å². The molecule has 1 aromatic heterocycles. The Morgan fingerprint density at radius 2 is 1.96 bits per heavy atom. The summed E-state index contributed by atoms with van der Waals surface area (Å²) in [6.07, 6.45) is 1.76. The van der Waals surface area contributed by atoms with Gasteiger partial charge in [-0.15, -0.1) is 11.3 Å². The smallest absolute Gasteiger partial charge is 0.335 e. The summed E-state index contributed by atoms with van der Waals surface area (Å²) in [5.41, 5.74) is 3.90. The summed E-state index contributed by atoms with van der Waals surface area (Å²) in [6, 6.07) is 10.6. The van der Waals surface area contributed by atoms with Crippen LogP contribution in [-0.4, -0.2) is 43.6 Å². The molecule has 1 fully saturated rings. The summed E-state index contributed by atoms with van der Waals surface area (Å²) in [5.74, 6) is -0.936. The lowest BCUT2D eigenvalue weighted by atomic mass is 10.2. The maximum Gasteiger partial charge on any atom is 0.335 e. The van der Waals surface area contributed by atoms with E-state index in [9.17, 15) is 4.79 Å². The molecule has 7 heteroatoms. The van der Waals surface area contributed by atoms with Crippen molar-refractivity contribution in [3.05, 3.63) is 46.8 Å². The highest BCUT2D eigenvalue weighted by Gasteiger charge is 2.12. The van der Waals surface area contributed by atoms with Crippen molar-refractivity contribution in [2.24, 2.45) is 5.10 Å². The Labute approximate surface area is 138 Å². The molecule has 6 nitrogen and oxygen atoms in total. The molecule has 23 heavy (non-hydrogen) atoms. The summed E-state index contributed by atoms with van der Waals surface area (Å²) >= 11 is 1.68. The molecule has 1 aliphatic heterocycles. The second-order valence-corrected chi connectivity index (χ2v) is 6.12. The van der Waals surface area contributed by atoms with Gasteiger partial charge in [-0.2, -0.15) is 5.10 Å². The van der Waals surface area contributed by atoms with E-state index in [0.717, 1.165) is 36.9 Å². The first-order valence-electron chi connectivity index (χ1n) is 7.27. The number of morpholine rings is 1. The molecule has 0 bridgehead atoms. The number of anilines is 2. The van der Waals surface area contributed by atoms with Crippen LogP contribution in [0.5, 0.6) is 0 Å². The number of thiophene rings is 1. The van der Waals surface area contributed by atoms with E-state index in [-0.39, 0.29) is 5.56 Å². The SMILES string of the molecule is O=C(O)c1ccc(N/N=C\c2ccc(N3CCOCC3)s2)cc1. The van der Waals surface area contributed by atoms with E-state index in [0.29, 0.717) is 0 Å². The average molecular weight is 331 g/mol. The van der Waals surface area contributed by atoms with Gasteiger partial charge in [-0.05, 0) is 36.4 Å². The highest BCUT2D eigenvalue weighted by atomic mass is 32.1. The Morgan fingerprint density at radius 1 is 1.22 bits per heavy atom. The maximum absolute atomic E-state index is 10.8. The number of hydrogen-bond acceptors (Lipinski definition) is 6. The van der Waals surface area contributed by atoms with Crippen LogP contribution in [0.15, 0.2) is 41.5 Å². The molecule has 2 aromatic rings. The van der Waals surface area contributed by atoms with Crippen molar-refractivity contribution in [3.63, 3.8) is 0 Å². The van der Waals surface area contributed by atoms with Crippen molar-refractivity contribution in [1.29, 1.82) is 0 Å². The quantitative estimate of drug-likeness (QED) is 0.651. The van der Waals surface area contributed by atoms with Gasteiger partial charge in [0.15, 0.2) is 0 Å². The van der Waals surface area contributed by atoms with Crippen LogP contribution in [0.1, 0.15) is 15.2 Å². The zero-order valence-corrected chi connectivity index (χ0v) is 13.3. The highest BCUT2D eigenvalue weighted by Crippen LogP contribution is 2.25. The van der Waals surface area contributed by atoms with Crippen molar-refractivity contribution in [1.82, 2.24) is 0 Å². The lowest BCUT2D eigenvalue weighted by molar-refractivity contribution is 0.0697. The molecule has 1 saturated heterocycles. The standard InChI is InChI=1S/C16H17N3O3S/c20-16(21)12-1-3-13(4-2-12)18-17-11-14-5-6-15(23-14)19-7-9-22-10-8-19/h1-6,11,18H,7-10H2,(H,20,21)/b17-11-. The molecule has 3 rings (SSSR count). The van der Waals surface area contributed by atoms with Gasteiger partial charge >= 0.3 is 5.97 Å². The van der Waals surface area contributed by atoms with Crippen LogP contribution < -0.4 is 10.3 Å². The minimum Gasteiger partial charge on any atom is -0.478 e. The van der Waals surface area contributed by atoms with E-state index in [1.807, 2.05) is 6.07 Å². The lowest BCUT2D eigenvalue weighted by Gasteiger charge is -2.27. The van der Waals surface area contributed by atoms with Crippen LogP contribution in [0.4, 0.5) is 10.7 Å². The van der Waals surface area contributed by atoms with Crippen LogP contribution >= 0.6 is 11.3 Å². The Morgan fingerprint density at radius 3 is 2.65 bits per heavy atom. The van der Waals surface area contributed by atoms with E-state index < -0.39 is 5.97 Å². The molecule has 0 amide bonds. The summed E-state index contributed by atoms with van der Waals surface area (Å²) in [7, 11) is 0. The second kappa shape index (κ2) is 7.26. The minimum atomic E-state index is -0.936. The van der Waals surface area contributed by atoms with E-state index in [1.165, 1.54) is 5.00 Å².